The molecule has 0 saturated heterocycles. The highest BCUT2D eigenvalue weighted by Crippen LogP contribution is 2.27. The summed E-state index contributed by atoms with van der Waals surface area (Å²) < 4.78 is 24.4. The minimum Gasteiger partial charge on any atom is -0.466 e. The summed E-state index contributed by atoms with van der Waals surface area (Å²) in [6, 6.07) is 5.53. The third-order valence-electron chi connectivity index (χ3n) is 3.11. The highest BCUT2D eigenvalue weighted by molar-refractivity contribution is 6.34. The second-order valence-corrected chi connectivity index (χ2v) is 5.20. The van der Waals surface area contributed by atoms with E-state index in [4.69, 9.17) is 20.4 Å². The van der Waals surface area contributed by atoms with E-state index in [1.165, 1.54) is 12.1 Å². The molecule has 0 saturated carbocycles. The Morgan fingerprint density at radius 3 is 2.70 bits per heavy atom. The molecule has 23 heavy (non-hydrogen) atoms. The van der Waals surface area contributed by atoms with Crippen LogP contribution < -0.4 is 5.32 Å². The molecule has 3 aromatic rings. The van der Waals surface area contributed by atoms with Crippen LogP contribution in [0.4, 0.5) is 10.4 Å². The number of hydrogen-bond acceptors (Lipinski definition) is 5. The van der Waals surface area contributed by atoms with Gasteiger partial charge >= 0.3 is 6.01 Å². The molecule has 1 N–H and O–H groups in total. The lowest BCUT2D eigenvalue weighted by atomic mass is 10.2. The molecule has 6 nitrogen and oxygen atoms in total. The number of aryl methyl sites for hydroxylation is 2. The van der Waals surface area contributed by atoms with E-state index in [-0.39, 0.29) is 22.5 Å². The minimum atomic E-state index is -0.775. The van der Waals surface area contributed by atoms with Crippen molar-refractivity contribution in [3.05, 3.63) is 52.2 Å². The van der Waals surface area contributed by atoms with Crippen LogP contribution in [0.1, 0.15) is 21.9 Å². The number of anilines is 1. The molecule has 0 aliphatic heterocycles. The van der Waals surface area contributed by atoms with E-state index >= 15 is 0 Å². The quantitative estimate of drug-likeness (QED) is 0.782. The van der Waals surface area contributed by atoms with Crippen LogP contribution in [0.25, 0.3) is 11.5 Å². The van der Waals surface area contributed by atoms with Gasteiger partial charge in [-0.3, -0.25) is 10.1 Å². The average Bonchev–Trinajstić information content (AvgIpc) is 3.05. The van der Waals surface area contributed by atoms with Crippen LogP contribution in [0.15, 0.2) is 33.1 Å². The molecule has 2 heterocycles. The van der Waals surface area contributed by atoms with Gasteiger partial charge in [-0.15, -0.1) is 5.10 Å². The first-order chi connectivity index (χ1) is 11.0. The van der Waals surface area contributed by atoms with Crippen LogP contribution in [-0.4, -0.2) is 16.1 Å². The van der Waals surface area contributed by atoms with Crippen molar-refractivity contribution in [1.82, 2.24) is 10.2 Å². The molecule has 3 rings (SSSR count). The molecule has 1 aromatic carbocycles. The number of nitrogens with one attached hydrogen (secondary N) is 1. The van der Waals surface area contributed by atoms with Gasteiger partial charge in [0.15, 0.2) is 0 Å². The fraction of sp³-hybridized carbons (Fsp3) is 0.133. The summed E-state index contributed by atoms with van der Waals surface area (Å²) in [4.78, 5) is 12.1. The van der Waals surface area contributed by atoms with Gasteiger partial charge in [0.05, 0.1) is 16.1 Å². The zero-order valence-electron chi connectivity index (χ0n) is 12.2. The molecule has 0 atom stereocenters. The summed E-state index contributed by atoms with van der Waals surface area (Å²) in [6.45, 7) is 3.54. The molecular weight excluding hydrogens is 325 g/mol. The molecule has 0 spiro atoms. The van der Waals surface area contributed by atoms with Crippen molar-refractivity contribution in [2.24, 2.45) is 0 Å². The maximum atomic E-state index is 13.7. The van der Waals surface area contributed by atoms with Gasteiger partial charge in [-0.1, -0.05) is 22.8 Å². The molecule has 0 aliphatic rings. The number of amides is 1. The van der Waals surface area contributed by atoms with E-state index < -0.39 is 11.7 Å². The van der Waals surface area contributed by atoms with Gasteiger partial charge < -0.3 is 8.83 Å². The Labute approximate surface area is 135 Å². The van der Waals surface area contributed by atoms with Crippen molar-refractivity contribution >= 4 is 23.5 Å². The lowest BCUT2D eigenvalue weighted by molar-refractivity contribution is 0.102. The van der Waals surface area contributed by atoms with Gasteiger partial charge in [0.2, 0.25) is 0 Å². The van der Waals surface area contributed by atoms with Gasteiger partial charge in [-0.05, 0) is 32.0 Å². The molecule has 0 aliphatic carbocycles. The molecule has 2 aromatic heterocycles. The van der Waals surface area contributed by atoms with Crippen molar-refractivity contribution in [2.45, 2.75) is 13.8 Å². The van der Waals surface area contributed by atoms with Crippen molar-refractivity contribution in [1.29, 1.82) is 0 Å². The number of carbonyl (C=O) groups excluding carboxylic acids is 1. The van der Waals surface area contributed by atoms with Crippen molar-refractivity contribution in [3.8, 4) is 11.5 Å². The highest BCUT2D eigenvalue weighted by atomic mass is 35.5. The SMILES string of the molecule is Cc1cc(-c2nnc(NC(=O)c3c(F)cccc3Cl)o2)c(C)o1. The van der Waals surface area contributed by atoms with Crippen LogP contribution in [-0.2, 0) is 0 Å². The van der Waals surface area contributed by atoms with Crippen LogP contribution in [0, 0.1) is 19.7 Å². The van der Waals surface area contributed by atoms with E-state index in [0.717, 1.165) is 6.07 Å². The van der Waals surface area contributed by atoms with E-state index in [1.54, 1.807) is 19.9 Å². The number of furan rings is 1. The fourth-order valence-electron chi connectivity index (χ4n) is 2.10. The number of benzene rings is 1. The molecule has 8 heteroatoms. The fourth-order valence-corrected chi connectivity index (χ4v) is 2.35. The van der Waals surface area contributed by atoms with Gasteiger partial charge in [-0.2, -0.15) is 0 Å². The summed E-state index contributed by atoms with van der Waals surface area (Å²) in [5, 5.41) is 9.86. The van der Waals surface area contributed by atoms with E-state index in [0.29, 0.717) is 17.1 Å². The smallest absolute Gasteiger partial charge is 0.322 e. The Morgan fingerprint density at radius 1 is 1.26 bits per heavy atom. The summed E-state index contributed by atoms with van der Waals surface area (Å²) >= 11 is 5.84. The van der Waals surface area contributed by atoms with Gasteiger partial charge in [0.25, 0.3) is 11.8 Å². The van der Waals surface area contributed by atoms with Gasteiger partial charge in [0.1, 0.15) is 17.3 Å². The first-order valence-electron chi connectivity index (χ1n) is 6.62. The molecular formula is C15H11ClFN3O3. The first kappa shape index (κ1) is 15.2. The number of nitrogens with zero attached hydrogens (tertiary/aromatic N) is 2. The molecule has 0 fully saturated rings. The van der Waals surface area contributed by atoms with Crippen LogP contribution in [0.5, 0.6) is 0 Å². The molecule has 118 valence electrons. The Hall–Kier alpha value is -2.67. The summed E-state index contributed by atoms with van der Waals surface area (Å²) in [5.41, 5.74) is 0.337. The second kappa shape index (κ2) is 5.85. The van der Waals surface area contributed by atoms with E-state index in [1.807, 2.05) is 0 Å². The topological polar surface area (TPSA) is 81.2 Å². The van der Waals surface area contributed by atoms with Crippen LogP contribution >= 0.6 is 11.6 Å². The summed E-state index contributed by atoms with van der Waals surface area (Å²) in [5.74, 6) is -0.0191. The number of hydrogen-bond donors (Lipinski definition) is 1. The van der Waals surface area contributed by atoms with Crippen LogP contribution in [0.3, 0.4) is 0 Å². The number of halogens is 2. The second-order valence-electron chi connectivity index (χ2n) is 4.79. The maximum Gasteiger partial charge on any atom is 0.322 e. The average molecular weight is 336 g/mol. The minimum absolute atomic E-state index is 0.0106. The van der Waals surface area contributed by atoms with Crippen LogP contribution in [0.2, 0.25) is 5.02 Å². The molecule has 0 radical (unpaired) electrons. The number of aromatic nitrogens is 2. The molecule has 0 bridgehead atoms. The Balaban J connectivity index is 1.85. The lowest BCUT2D eigenvalue weighted by Crippen LogP contribution is -2.14. The summed E-state index contributed by atoms with van der Waals surface area (Å²) in [6.07, 6.45) is 0. The van der Waals surface area contributed by atoms with Gasteiger partial charge in [-0.25, -0.2) is 4.39 Å². The first-order valence-corrected chi connectivity index (χ1v) is 7.00. The number of carbonyl (C=O) groups is 1. The third kappa shape index (κ3) is 2.95. The maximum absolute atomic E-state index is 13.7. The predicted octanol–water partition coefficient (Wildman–Crippen LogP) is 3.99. The Kier molecular flexibility index (Phi) is 3.87. The molecule has 0 unspecified atom stereocenters. The standard InChI is InChI=1S/C15H11ClFN3O3/c1-7-6-9(8(2)22-7)14-19-20-15(23-14)18-13(21)12-10(16)4-3-5-11(12)17/h3-6H,1-2H3,(H,18,20,21). The zero-order chi connectivity index (χ0) is 16.6. The number of rotatable bonds is 3. The van der Waals surface area contributed by atoms with Gasteiger partial charge in [0, 0.05) is 0 Å². The normalized spacial score (nSPS) is 10.8. The monoisotopic (exact) mass is 335 g/mol. The predicted molar refractivity (Wildman–Crippen MR) is 80.8 cm³/mol. The van der Waals surface area contributed by atoms with Crippen molar-refractivity contribution < 1.29 is 18.0 Å². The Bertz CT molecular complexity index is 868. The lowest BCUT2D eigenvalue weighted by Gasteiger charge is -2.04. The third-order valence-corrected chi connectivity index (χ3v) is 3.42. The van der Waals surface area contributed by atoms with E-state index in [9.17, 15) is 9.18 Å². The Morgan fingerprint density at radius 2 is 2.04 bits per heavy atom. The van der Waals surface area contributed by atoms with E-state index in [2.05, 4.69) is 15.5 Å². The molecule has 1 amide bonds. The van der Waals surface area contributed by atoms with Crippen molar-refractivity contribution in [2.75, 3.05) is 5.32 Å². The zero-order valence-corrected chi connectivity index (χ0v) is 12.9. The highest BCUT2D eigenvalue weighted by Gasteiger charge is 2.20. The summed E-state index contributed by atoms with van der Waals surface area (Å²) in [7, 11) is 0. The largest absolute Gasteiger partial charge is 0.466 e. The van der Waals surface area contributed by atoms with Crippen molar-refractivity contribution in [3.63, 3.8) is 0 Å².